The summed E-state index contributed by atoms with van der Waals surface area (Å²) < 4.78 is 5.75. The fourth-order valence-corrected chi connectivity index (χ4v) is 4.16. The first kappa shape index (κ1) is 24.0. The monoisotopic (exact) mass is 471 g/mol. The summed E-state index contributed by atoms with van der Waals surface area (Å²) in [6.07, 6.45) is -1.04. The molecule has 1 saturated heterocycles. The first-order valence-electron chi connectivity index (χ1n) is 11.7. The van der Waals surface area contributed by atoms with Crippen molar-refractivity contribution in [2.24, 2.45) is 0 Å². The standard InChI is InChI=1S/C28H29N3O4/c1-3-24(32)30-23-16-10-15-22(17-23)26-25(27(33)29-19(2)21-13-8-5-9-14-21)31(28(34)35-26)18-20-11-6-4-7-12-20/h4-17,19,25-26H,3,18H2,1-2H3,(H,29,33)(H,30,32). The van der Waals surface area contributed by atoms with E-state index in [1.54, 1.807) is 31.2 Å². The van der Waals surface area contributed by atoms with Crippen molar-refractivity contribution in [3.05, 3.63) is 102 Å². The van der Waals surface area contributed by atoms with E-state index in [2.05, 4.69) is 10.6 Å². The molecule has 3 unspecified atom stereocenters. The van der Waals surface area contributed by atoms with Crippen molar-refractivity contribution in [1.29, 1.82) is 0 Å². The maximum Gasteiger partial charge on any atom is 0.411 e. The van der Waals surface area contributed by atoms with Gasteiger partial charge in [-0.05, 0) is 35.7 Å². The van der Waals surface area contributed by atoms with Crippen LogP contribution in [-0.4, -0.2) is 28.8 Å². The minimum Gasteiger partial charge on any atom is -0.438 e. The second-order valence-corrected chi connectivity index (χ2v) is 8.53. The molecule has 0 spiro atoms. The molecule has 0 saturated carbocycles. The van der Waals surface area contributed by atoms with Crippen LogP contribution in [0.2, 0.25) is 0 Å². The number of ether oxygens (including phenoxy) is 1. The lowest BCUT2D eigenvalue weighted by atomic mass is 9.99. The third-order valence-corrected chi connectivity index (χ3v) is 6.03. The van der Waals surface area contributed by atoms with Crippen LogP contribution >= 0.6 is 0 Å². The molecule has 2 N–H and O–H groups in total. The summed E-state index contributed by atoms with van der Waals surface area (Å²) in [7, 11) is 0. The zero-order chi connectivity index (χ0) is 24.8. The highest BCUT2D eigenvalue weighted by molar-refractivity contribution is 5.91. The Hall–Kier alpha value is -4.13. The Kier molecular flexibility index (Phi) is 7.45. The van der Waals surface area contributed by atoms with Gasteiger partial charge in [-0.1, -0.05) is 79.7 Å². The van der Waals surface area contributed by atoms with Crippen LogP contribution in [0, 0.1) is 0 Å². The first-order chi connectivity index (χ1) is 17.0. The number of cyclic esters (lactones) is 1. The Labute approximate surface area is 205 Å². The molecule has 3 amide bonds. The minimum atomic E-state index is -0.883. The molecule has 3 aromatic carbocycles. The molecular weight excluding hydrogens is 442 g/mol. The van der Waals surface area contributed by atoms with Crippen molar-refractivity contribution < 1.29 is 19.1 Å². The van der Waals surface area contributed by atoms with Gasteiger partial charge in [0.2, 0.25) is 11.8 Å². The van der Waals surface area contributed by atoms with E-state index in [1.807, 2.05) is 67.6 Å². The SMILES string of the molecule is CCC(=O)Nc1cccc(C2OC(=O)N(Cc3ccccc3)C2C(=O)NC(C)c2ccccc2)c1. The summed E-state index contributed by atoms with van der Waals surface area (Å²) in [6, 6.07) is 25.1. The largest absolute Gasteiger partial charge is 0.438 e. The maximum absolute atomic E-state index is 13.6. The average molecular weight is 472 g/mol. The fraction of sp³-hybridized carbons (Fsp3) is 0.250. The average Bonchev–Trinajstić information content (AvgIpc) is 3.21. The van der Waals surface area contributed by atoms with Gasteiger partial charge in [-0.3, -0.25) is 14.5 Å². The number of hydrogen-bond acceptors (Lipinski definition) is 4. The van der Waals surface area contributed by atoms with E-state index in [9.17, 15) is 14.4 Å². The molecule has 180 valence electrons. The molecule has 7 heteroatoms. The van der Waals surface area contributed by atoms with Gasteiger partial charge in [0.25, 0.3) is 0 Å². The van der Waals surface area contributed by atoms with Crippen LogP contribution < -0.4 is 10.6 Å². The fourth-order valence-electron chi connectivity index (χ4n) is 4.16. The third kappa shape index (κ3) is 5.69. The maximum atomic E-state index is 13.6. The van der Waals surface area contributed by atoms with Crippen LogP contribution in [0.15, 0.2) is 84.9 Å². The van der Waals surface area contributed by atoms with Crippen molar-refractivity contribution in [2.75, 3.05) is 5.32 Å². The molecule has 0 aromatic heterocycles. The smallest absolute Gasteiger partial charge is 0.411 e. The molecule has 1 heterocycles. The van der Waals surface area contributed by atoms with E-state index in [4.69, 9.17) is 4.74 Å². The molecule has 35 heavy (non-hydrogen) atoms. The van der Waals surface area contributed by atoms with Gasteiger partial charge in [-0.2, -0.15) is 0 Å². The molecule has 4 rings (SSSR count). The molecule has 0 radical (unpaired) electrons. The van der Waals surface area contributed by atoms with Gasteiger partial charge >= 0.3 is 6.09 Å². The molecule has 1 aliphatic heterocycles. The summed E-state index contributed by atoms with van der Waals surface area (Å²) in [6.45, 7) is 3.91. The van der Waals surface area contributed by atoms with Crippen LogP contribution in [0.5, 0.6) is 0 Å². The quantitative estimate of drug-likeness (QED) is 0.485. The highest BCUT2D eigenvalue weighted by Crippen LogP contribution is 2.35. The zero-order valence-corrected chi connectivity index (χ0v) is 19.8. The number of carbonyl (C=O) groups is 3. The van der Waals surface area contributed by atoms with Gasteiger partial charge in [0.05, 0.1) is 12.6 Å². The number of benzene rings is 3. The van der Waals surface area contributed by atoms with Crippen LogP contribution in [0.25, 0.3) is 0 Å². The van der Waals surface area contributed by atoms with Gasteiger partial charge in [0.15, 0.2) is 12.1 Å². The van der Waals surface area contributed by atoms with E-state index in [0.717, 1.165) is 11.1 Å². The number of amides is 3. The second kappa shape index (κ2) is 10.9. The summed E-state index contributed by atoms with van der Waals surface area (Å²) in [5, 5.41) is 5.87. The number of anilines is 1. The second-order valence-electron chi connectivity index (χ2n) is 8.53. The molecule has 3 atom stereocenters. The summed E-state index contributed by atoms with van der Waals surface area (Å²) in [5.74, 6) is -0.432. The predicted molar refractivity (Wildman–Crippen MR) is 133 cm³/mol. The molecule has 7 nitrogen and oxygen atoms in total. The van der Waals surface area contributed by atoms with Gasteiger partial charge in [-0.15, -0.1) is 0 Å². The van der Waals surface area contributed by atoms with Crippen molar-refractivity contribution in [3.8, 4) is 0 Å². The van der Waals surface area contributed by atoms with Gasteiger partial charge < -0.3 is 15.4 Å². The van der Waals surface area contributed by atoms with Gasteiger partial charge in [0, 0.05) is 12.1 Å². The minimum absolute atomic E-state index is 0.123. The highest BCUT2D eigenvalue weighted by Gasteiger charge is 2.47. The Bertz CT molecular complexity index is 1180. The molecule has 0 aliphatic carbocycles. The van der Waals surface area contributed by atoms with Crippen LogP contribution in [0.1, 0.15) is 49.1 Å². The Morgan fingerprint density at radius 3 is 2.34 bits per heavy atom. The van der Waals surface area contributed by atoms with E-state index < -0.39 is 18.2 Å². The van der Waals surface area contributed by atoms with Gasteiger partial charge in [0.1, 0.15) is 0 Å². The normalized spacial score (nSPS) is 18.0. The highest BCUT2D eigenvalue weighted by atomic mass is 16.6. The molecule has 0 bridgehead atoms. The first-order valence-corrected chi connectivity index (χ1v) is 11.7. The number of carbonyl (C=O) groups excluding carboxylic acids is 3. The van der Waals surface area contributed by atoms with Crippen LogP contribution in [0.3, 0.4) is 0 Å². The van der Waals surface area contributed by atoms with Crippen molar-refractivity contribution in [2.45, 2.75) is 45.0 Å². The van der Waals surface area contributed by atoms with Crippen molar-refractivity contribution in [1.82, 2.24) is 10.2 Å². The Morgan fingerprint density at radius 1 is 0.971 bits per heavy atom. The van der Waals surface area contributed by atoms with Crippen LogP contribution in [0.4, 0.5) is 10.5 Å². The van der Waals surface area contributed by atoms with E-state index in [0.29, 0.717) is 17.7 Å². The number of hydrogen-bond donors (Lipinski definition) is 2. The topological polar surface area (TPSA) is 87.7 Å². The van der Waals surface area contributed by atoms with E-state index in [1.165, 1.54) is 4.90 Å². The number of rotatable bonds is 8. The van der Waals surface area contributed by atoms with Crippen molar-refractivity contribution in [3.63, 3.8) is 0 Å². The summed E-state index contributed by atoms with van der Waals surface area (Å²) in [5.41, 5.74) is 3.07. The molecule has 1 fully saturated rings. The lowest BCUT2D eigenvalue weighted by Gasteiger charge is -2.26. The van der Waals surface area contributed by atoms with Crippen molar-refractivity contribution >= 4 is 23.6 Å². The predicted octanol–water partition coefficient (Wildman–Crippen LogP) is 4.97. The van der Waals surface area contributed by atoms with Crippen LogP contribution in [-0.2, 0) is 20.9 Å². The Balaban J connectivity index is 1.64. The zero-order valence-electron chi connectivity index (χ0n) is 19.8. The Morgan fingerprint density at radius 2 is 1.66 bits per heavy atom. The lowest BCUT2D eigenvalue weighted by Crippen LogP contribution is -2.46. The molecule has 1 aliphatic rings. The molecule has 3 aromatic rings. The van der Waals surface area contributed by atoms with E-state index >= 15 is 0 Å². The van der Waals surface area contributed by atoms with E-state index in [-0.39, 0.29) is 24.4 Å². The number of nitrogens with one attached hydrogen (secondary N) is 2. The van der Waals surface area contributed by atoms with Gasteiger partial charge in [-0.25, -0.2) is 4.79 Å². The third-order valence-electron chi connectivity index (χ3n) is 6.03. The summed E-state index contributed by atoms with van der Waals surface area (Å²) in [4.78, 5) is 40.0. The lowest BCUT2D eigenvalue weighted by molar-refractivity contribution is -0.127. The summed E-state index contributed by atoms with van der Waals surface area (Å²) >= 11 is 0. The number of nitrogens with zero attached hydrogens (tertiary/aromatic N) is 1. The molecular formula is C28H29N3O4.